The Hall–Kier alpha value is -2.37. The molecule has 0 fully saturated rings. The summed E-state index contributed by atoms with van der Waals surface area (Å²) < 4.78 is 5.31. The normalized spacial score (nSPS) is 10.7. The summed E-state index contributed by atoms with van der Waals surface area (Å²) in [6, 6.07) is 7.23. The molecule has 1 aromatic rings. The molecule has 0 saturated carbocycles. The Morgan fingerprint density at radius 1 is 1.24 bits per heavy atom. The van der Waals surface area contributed by atoms with Crippen molar-refractivity contribution in [3.63, 3.8) is 0 Å². The van der Waals surface area contributed by atoms with E-state index >= 15 is 0 Å². The number of ether oxygens (including phenoxy) is 1. The van der Waals surface area contributed by atoms with Crippen LogP contribution in [0.4, 0.5) is 0 Å². The highest BCUT2D eigenvalue weighted by atomic mass is 16.5. The van der Waals surface area contributed by atoms with Gasteiger partial charge in [-0.3, -0.25) is 9.59 Å². The third-order valence-electron chi connectivity index (χ3n) is 2.45. The van der Waals surface area contributed by atoms with Crippen LogP contribution in [0.2, 0.25) is 0 Å². The third-order valence-corrected chi connectivity index (χ3v) is 2.45. The second-order valence-electron chi connectivity index (χ2n) is 4.81. The van der Waals surface area contributed by atoms with E-state index in [9.17, 15) is 9.59 Å². The predicted molar refractivity (Wildman–Crippen MR) is 81.2 cm³/mol. The quantitative estimate of drug-likeness (QED) is 0.471. The number of rotatable bonds is 6. The molecular weight excluding hydrogens is 270 g/mol. The molecule has 0 aliphatic heterocycles. The summed E-state index contributed by atoms with van der Waals surface area (Å²) in [4.78, 5) is 22.8. The molecule has 0 heterocycles. The van der Waals surface area contributed by atoms with Crippen LogP contribution < -0.4 is 15.5 Å². The number of carbonyl (C=O) groups excluding carboxylic acids is 2. The Bertz CT molecular complexity index is 495. The number of hydrazone groups is 1. The van der Waals surface area contributed by atoms with Crippen molar-refractivity contribution in [3.8, 4) is 5.75 Å². The lowest BCUT2D eigenvalue weighted by molar-refractivity contribution is -0.139. The van der Waals surface area contributed by atoms with Gasteiger partial charge in [-0.25, -0.2) is 5.43 Å². The lowest BCUT2D eigenvalue weighted by Crippen LogP contribution is -2.39. The summed E-state index contributed by atoms with van der Waals surface area (Å²) in [7, 11) is 0. The molecular formula is C15H21N3O3. The number of nitrogens with zero attached hydrogens (tertiary/aromatic N) is 1. The summed E-state index contributed by atoms with van der Waals surface area (Å²) in [5, 5.41) is 6.25. The van der Waals surface area contributed by atoms with E-state index in [2.05, 4.69) is 15.8 Å². The summed E-state index contributed by atoms with van der Waals surface area (Å²) in [6.45, 7) is 6.86. The van der Waals surface area contributed by atoms with E-state index in [0.29, 0.717) is 13.2 Å². The van der Waals surface area contributed by atoms with Gasteiger partial charge < -0.3 is 10.1 Å². The number of amides is 2. The van der Waals surface area contributed by atoms with Gasteiger partial charge in [0, 0.05) is 6.54 Å². The molecule has 114 valence electrons. The van der Waals surface area contributed by atoms with Gasteiger partial charge in [-0.1, -0.05) is 13.8 Å². The second-order valence-corrected chi connectivity index (χ2v) is 4.81. The minimum atomic E-state index is -0.780. The van der Waals surface area contributed by atoms with E-state index in [-0.39, 0.29) is 5.92 Å². The Labute approximate surface area is 124 Å². The molecule has 6 heteroatoms. The van der Waals surface area contributed by atoms with E-state index in [1.54, 1.807) is 12.1 Å². The molecule has 1 aromatic carbocycles. The SMILES string of the molecule is CCOc1ccc(/C=N/NC(=O)C(=O)NCC(C)C)cc1. The second kappa shape index (κ2) is 8.73. The monoisotopic (exact) mass is 291 g/mol. The van der Waals surface area contributed by atoms with Gasteiger partial charge in [-0.05, 0) is 42.7 Å². The highest BCUT2D eigenvalue weighted by Gasteiger charge is 2.11. The van der Waals surface area contributed by atoms with Gasteiger partial charge in [0.1, 0.15) is 5.75 Å². The number of hydrogen-bond acceptors (Lipinski definition) is 4. The largest absolute Gasteiger partial charge is 0.494 e. The molecule has 0 radical (unpaired) electrons. The fraction of sp³-hybridized carbons (Fsp3) is 0.400. The van der Waals surface area contributed by atoms with Crippen LogP contribution in [-0.4, -0.2) is 31.2 Å². The minimum absolute atomic E-state index is 0.286. The van der Waals surface area contributed by atoms with Crippen LogP contribution >= 0.6 is 0 Å². The molecule has 0 unspecified atom stereocenters. The van der Waals surface area contributed by atoms with Gasteiger partial charge in [-0.2, -0.15) is 5.10 Å². The molecule has 0 aromatic heterocycles. The maximum atomic E-state index is 11.4. The van der Waals surface area contributed by atoms with Gasteiger partial charge in [-0.15, -0.1) is 0 Å². The molecule has 0 aliphatic carbocycles. The topological polar surface area (TPSA) is 79.8 Å². The molecule has 0 spiro atoms. The van der Waals surface area contributed by atoms with Gasteiger partial charge in [0.15, 0.2) is 0 Å². The third kappa shape index (κ3) is 6.56. The van der Waals surface area contributed by atoms with Crippen LogP contribution in [0, 0.1) is 5.92 Å². The highest BCUT2D eigenvalue weighted by molar-refractivity contribution is 6.35. The van der Waals surface area contributed by atoms with Crippen molar-refractivity contribution < 1.29 is 14.3 Å². The fourth-order valence-electron chi connectivity index (χ4n) is 1.41. The lowest BCUT2D eigenvalue weighted by Gasteiger charge is -2.05. The minimum Gasteiger partial charge on any atom is -0.494 e. The van der Waals surface area contributed by atoms with Gasteiger partial charge >= 0.3 is 11.8 Å². The number of carbonyl (C=O) groups is 2. The first-order valence-electron chi connectivity index (χ1n) is 6.87. The van der Waals surface area contributed by atoms with Crippen molar-refractivity contribution in [1.29, 1.82) is 0 Å². The zero-order chi connectivity index (χ0) is 15.7. The first kappa shape index (κ1) is 16.7. The van der Waals surface area contributed by atoms with Crippen LogP contribution in [0.15, 0.2) is 29.4 Å². The number of benzene rings is 1. The molecule has 2 amide bonds. The average molecular weight is 291 g/mol. The maximum Gasteiger partial charge on any atom is 0.329 e. The summed E-state index contributed by atoms with van der Waals surface area (Å²) in [5.74, 6) is -0.411. The fourth-order valence-corrected chi connectivity index (χ4v) is 1.41. The Morgan fingerprint density at radius 3 is 2.48 bits per heavy atom. The first-order chi connectivity index (χ1) is 10.0. The van der Waals surface area contributed by atoms with Crippen LogP contribution in [0.25, 0.3) is 0 Å². The zero-order valence-corrected chi connectivity index (χ0v) is 12.6. The Morgan fingerprint density at radius 2 is 1.90 bits per heavy atom. The van der Waals surface area contributed by atoms with Crippen LogP contribution in [0.5, 0.6) is 5.75 Å². The smallest absolute Gasteiger partial charge is 0.329 e. The van der Waals surface area contributed by atoms with Crippen molar-refractivity contribution in [2.24, 2.45) is 11.0 Å². The van der Waals surface area contributed by atoms with E-state index in [4.69, 9.17) is 4.74 Å². The van der Waals surface area contributed by atoms with Crippen LogP contribution in [0.3, 0.4) is 0 Å². The Kier molecular flexibility index (Phi) is 6.94. The molecule has 0 atom stereocenters. The van der Waals surface area contributed by atoms with Crippen molar-refractivity contribution >= 4 is 18.0 Å². The van der Waals surface area contributed by atoms with Crippen LogP contribution in [-0.2, 0) is 9.59 Å². The molecule has 6 nitrogen and oxygen atoms in total. The highest BCUT2D eigenvalue weighted by Crippen LogP contribution is 2.10. The standard InChI is InChI=1S/C15H21N3O3/c1-4-21-13-7-5-12(6-8-13)10-17-18-15(20)14(19)16-9-11(2)3/h5-8,10-11H,4,9H2,1-3H3,(H,16,19)(H,18,20)/b17-10+. The van der Waals surface area contributed by atoms with Crippen LogP contribution in [0.1, 0.15) is 26.3 Å². The van der Waals surface area contributed by atoms with Crippen molar-refractivity contribution in [2.45, 2.75) is 20.8 Å². The van der Waals surface area contributed by atoms with Gasteiger partial charge in [0.2, 0.25) is 0 Å². The number of nitrogens with one attached hydrogen (secondary N) is 2. The molecule has 0 aliphatic rings. The summed E-state index contributed by atoms with van der Waals surface area (Å²) in [6.07, 6.45) is 1.46. The number of hydrogen-bond donors (Lipinski definition) is 2. The predicted octanol–water partition coefficient (Wildman–Crippen LogP) is 1.31. The van der Waals surface area contributed by atoms with Gasteiger partial charge in [0.05, 0.1) is 12.8 Å². The molecule has 21 heavy (non-hydrogen) atoms. The van der Waals surface area contributed by atoms with Gasteiger partial charge in [0.25, 0.3) is 0 Å². The summed E-state index contributed by atoms with van der Waals surface area (Å²) >= 11 is 0. The van der Waals surface area contributed by atoms with Crippen molar-refractivity contribution in [3.05, 3.63) is 29.8 Å². The first-order valence-corrected chi connectivity index (χ1v) is 6.87. The Balaban J connectivity index is 2.42. The van der Waals surface area contributed by atoms with E-state index < -0.39 is 11.8 Å². The van der Waals surface area contributed by atoms with E-state index in [1.165, 1.54) is 6.21 Å². The lowest BCUT2D eigenvalue weighted by atomic mass is 10.2. The molecule has 0 bridgehead atoms. The summed E-state index contributed by atoms with van der Waals surface area (Å²) in [5.41, 5.74) is 2.97. The van der Waals surface area contributed by atoms with Crippen molar-refractivity contribution in [1.82, 2.24) is 10.7 Å². The maximum absolute atomic E-state index is 11.4. The molecule has 0 saturated heterocycles. The van der Waals surface area contributed by atoms with E-state index in [1.807, 2.05) is 32.9 Å². The molecule has 2 N–H and O–H groups in total. The van der Waals surface area contributed by atoms with E-state index in [0.717, 1.165) is 11.3 Å². The zero-order valence-electron chi connectivity index (χ0n) is 12.6. The van der Waals surface area contributed by atoms with Crippen molar-refractivity contribution in [2.75, 3.05) is 13.2 Å². The molecule has 1 rings (SSSR count). The average Bonchev–Trinajstić information content (AvgIpc) is 2.46.